The molecule has 1 N–H and O–H groups in total. The predicted molar refractivity (Wildman–Crippen MR) is 242 cm³/mol. The molecule has 0 aromatic heterocycles. The van der Waals surface area contributed by atoms with E-state index in [0.29, 0.717) is 23.9 Å². The van der Waals surface area contributed by atoms with Gasteiger partial charge in [-0.15, -0.1) is 0 Å². The summed E-state index contributed by atoms with van der Waals surface area (Å²) in [5.41, 5.74) is 0. The van der Waals surface area contributed by atoms with E-state index < -0.39 is 32.5 Å². The Bertz CT molecular complexity index is 1350. The normalized spacial score (nSPS) is 14.7. The van der Waals surface area contributed by atoms with Crippen LogP contribution in [0, 0.1) is 0 Å². The lowest BCUT2D eigenvalue weighted by atomic mass is 10.1. The highest BCUT2D eigenvalue weighted by molar-refractivity contribution is 7.47. The van der Waals surface area contributed by atoms with Crippen LogP contribution < -0.4 is 0 Å². The van der Waals surface area contributed by atoms with Crippen molar-refractivity contribution in [1.82, 2.24) is 0 Å². The number of allylic oxidation sites excluding steroid dienone is 18. The van der Waals surface area contributed by atoms with Crippen molar-refractivity contribution in [2.24, 2.45) is 0 Å². The van der Waals surface area contributed by atoms with Gasteiger partial charge >= 0.3 is 19.8 Å². The van der Waals surface area contributed by atoms with Gasteiger partial charge in [0.25, 0.3) is 0 Å². The van der Waals surface area contributed by atoms with E-state index in [2.05, 4.69) is 117 Å². The van der Waals surface area contributed by atoms with Crippen LogP contribution in [0.1, 0.15) is 129 Å². The third-order valence-corrected chi connectivity index (χ3v) is 9.28. The van der Waals surface area contributed by atoms with E-state index in [1.54, 1.807) is 0 Å². The van der Waals surface area contributed by atoms with Crippen LogP contribution in [0.5, 0.6) is 0 Å². The molecule has 0 bridgehead atoms. The number of esters is 2. The Kier molecular flexibility index (Phi) is 36.9. The van der Waals surface area contributed by atoms with Gasteiger partial charge < -0.3 is 18.9 Å². The predicted octanol–water partition coefficient (Wildman–Crippen LogP) is 12.3. The van der Waals surface area contributed by atoms with Crippen molar-refractivity contribution in [1.29, 1.82) is 0 Å². The molecule has 0 aliphatic carbocycles. The molecule has 58 heavy (non-hydrogen) atoms. The van der Waals surface area contributed by atoms with Crippen molar-refractivity contribution in [2.45, 2.75) is 136 Å². The van der Waals surface area contributed by atoms with Crippen LogP contribution >= 0.6 is 7.82 Å². The first-order valence-corrected chi connectivity index (χ1v) is 23.1. The first-order valence-electron chi connectivity index (χ1n) is 21.6. The highest BCUT2D eigenvalue weighted by Crippen LogP contribution is 2.43. The number of ether oxygens (including phenoxy) is 2. The highest BCUT2D eigenvalue weighted by Gasteiger charge is 2.27. The summed E-state index contributed by atoms with van der Waals surface area (Å²) in [5, 5.41) is 0. The van der Waals surface area contributed by atoms with Gasteiger partial charge in [-0.3, -0.25) is 18.6 Å². The average Bonchev–Trinajstić information content (AvgIpc) is 3.17. The molecule has 0 aromatic rings. The van der Waals surface area contributed by atoms with Crippen LogP contribution in [0.15, 0.2) is 109 Å². The largest absolute Gasteiger partial charge is 0.472 e. The van der Waals surface area contributed by atoms with Gasteiger partial charge in [0.05, 0.1) is 27.7 Å². The second kappa shape index (κ2) is 39.1. The molecule has 0 aliphatic heterocycles. The Labute approximate surface area is 353 Å². The highest BCUT2D eigenvalue weighted by atomic mass is 31.2. The topological polar surface area (TPSA) is 108 Å². The fraction of sp³-hybridized carbons (Fsp3) is 0.583. The number of unbranched alkanes of at least 4 members (excludes halogenated alkanes) is 5. The zero-order chi connectivity index (χ0) is 42.8. The monoisotopic (exact) mass is 829 g/mol. The Morgan fingerprint density at radius 2 is 0.948 bits per heavy atom. The number of carbonyl (C=O) groups is 2. The second-order valence-electron chi connectivity index (χ2n) is 15.0. The van der Waals surface area contributed by atoms with Gasteiger partial charge in [0.15, 0.2) is 6.10 Å². The van der Waals surface area contributed by atoms with Crippen molar-refractivity contribution < 1.29 is 42.1 Å². The molecule has 328 valence electrons. The molecule has 1 unspecified atom stereocenters. The van der Waals surface area contributed by atoms with Crippen molar-refractivity contribution in [3.05, 3.63) is 109 Å². The summed E-state index contributed by atoms with van der Waals surface area (Å²) >= 11 is 0. The van der Waals surface area contributed by atoms with E-state index >= 15 is 0 Å². The first-order chi connectivity index (χ1) is 28.0. The van der Waals surface area contributed by atoms with Gasteiger partial charge in [0, 0.05) is 12.8 Å². The molecule has 0 aliphatic rings. The van der Waals surface area contributed by atoms with Crippen LogP contribution in [-0.4, -0.2) is 74.9 Å². The lowest BCUT2D eigenvalue weighted by molar-refractivity contribution is -0.870. The number of quaternary nitrogens is 1. The molecule has 10 heteroatoms. The molecule has 0 spiro atoms. The fourth-order valence-corrected chi connectivity index (χ4v) is 5.72. The van der Waals surface area contributed by atoms with Gasteiger partial charge in [0.2, 0.25) is 0 Å². The van der Waals surface area contributed by atoms with Crippen LogP contribution in [0.3, 0.4) is 0 Å². The zero-order valence-corrected chi connectivity index (χ0v) is 37.6. The SMILES string of the molecule is CC/C=C\C/C=C\C/C=C\C/C=C\C/C=C\CCCC(=O)OC[C@H](COP(=O)(O)OCC[N+](C)(C)C)OC(=O)CCCCCC/C=C\C/C=C\C/C=C\C/C=C\CC. The van der Waals surface area contributed by atoms with E-state index in [4.69, 9.17) is 18.5 Å². The van der Waals surface area contributed by atoms with Crippen LogP contribution in [-0.2, 0) is 32.7 Å². The lowest BCUT2D eigenvalue weighted by Gasteiger charge is -2.24. The maximum Gasteiger partial charge on any atom is 0.472 e. The summed E-state index contributed by atoms with van der Waals surface area (Å²) in [5.74, 6) is -0.909. The smallest absolute Gasteiger partial charge is 0.462 e. The van der Waals surface area contributed by atoms with Gasteiger partial charge in [-0.1, -0.05) is 136 Å². The number of phosphoric ester groups is 1. The zero-order valence-electron chi connectivity index (χ0n) is 36.7. The summed E-state index contributed by atoms with van der Waals surface area (Å²) in [4.78, 5) is 35.3. The Morgan fingerprint density at radius 1 is 0.534 bits per heavy atom. The first kappa shape index (κ1) is 54.7. The summed E-state index contributed by atoms with van der Waals surface area (Å²) in [6.45, 7) is 4.06. The minimum absolute atomic E-state index is 0.0108. The van der Waals surface area contributed by atoms with E-state index in [1.807, 2.05) is 27.2 Å². The quantitative estimate of drug-likeness (QED) is 0.0217. The third kappa shape index (κ3) is 42.3. The fourth-order valence-electron chi connectivity index (χ4n) is 4.98. The van der Waals surface area contributed by atoms with Gasteiger partial charge in [-0.05, 0) is 89.9 Å². The van der Waals surface area contributed by atoms with E-state index in [1.165, 1.54) is 0 Å². The second-order valence-corrected chi connectivity index (χ2v) is 16.4. The molecule has 2 atom stereocenters. The van der Waals surface area contributed by atoms with Gasteiger partial charge in [0.1, 0.15) is 19.8 Å². The average molecular weight is 829 g/mol. The number of likely N-dealkylation sites (N-methyl/N-ethyl adjacent to an activating group) is 1. The Hall–Kier alpha value is -3.33. The summed E-state index contributed by atoms with van der Waals surface area (Å²) in [7, 11) is 1.41. The van der Waals surface area contributed by atoms with Crippen LogP contribution in [0.4, 0.5) is 0 Å². The number of rotatable bonds is 37. The van der Waals surface area contributed by atoms with Crippen molar-refractivity contribution >= 4 is 19.8 Å². The molecular weight excluding hydrogens is 750 g/mol. The van der Waals surface area contributed by atoms with Gasteiger partial charge in [-0.25, -0.2) is 4.57 Å². The number of phosphoric acid groups is 1. The van der Waals surface area contributed by atoms with E-state index in [0.717, 1.165) is 89.9 Å². The number of nitrogens with zero attached hydrogens (tertiary/aromatic N) is 1. The number of hydrogen-bond acceptors (Lipinski definition) is 7. The molecule has 0 radical (unpaired) electrons. The molecule has 0 fully saturated rings. The molecule has 9 nitrogen and oxygen atoms in total. The number of hydrogen-bond donors (Lipinski definition) is 1. The Morgan fingerprint density at radius 3 is 1.41 bits per heavy atom. The molecule has 0 aromatic carbocycles. The lowest BCUT2D eigenvalue weighted by Crippen LogP contribution is -2.37. The van der Waals surface area contributed by atoms with Crippen molar-refractivity contribution in [2.75, 3.05) is 47.5 Å². The molecule has 0 heterocycles. The minimum Gasteiger partial charge on any atom is -0.462 e. The summed E-state index contributed by atoms with van der Waals surface area (Å²) in [6, 6.07) is 0. The Balaban J connectivity index is 4.54. The summed E-state index contributed by atoms with van der Waals surface area (Å²) < 4.78 is 34.2. The van der Waals surface area contributed by atoms with Crippen molar-refractivity contribution in [3.63, 3.8) is 0 Å². The molecule has 0 rings (SSSR count). The maximum atomic E-state index is 12.7. The minimum atomic E-state index is -4.40. The van der Waals surface area contributed by atoms with Crippen LogP contribution in [0.25, 0.3) is 0 Å². The van der Waals surface area contributed by atoms with E-state index in [9.17, 15) is 19.0 Å². The third-order valence-electron chi connectivity index (χ3n) is 8.30. The molecule has 0 saturated carbocycles. The molecule has 0 amide bonds. The van der Waals surface area contributed by atoms with Crippen LogP contribution in [0.2, 0.25) is 0 Å². The maximum absolute atomic E-state index is 12.7. The summed E-state index contributed by atoms with van der Waals surface area (Å²) in [6.07, 6.45) is 52.9. The molecule has 0 saturated heterocycles. The van der Waals surface area contributed by atoms with Crippen molar-refractivity contribution in [3.8, 4) is 0 Å². The van der Waals surface area contributed by atoms with E-state index in [-0.39, 0.29) is 26.1 Å². The number of carbonyl (C=O) groups excluding carboxylic acids is 2. The molecular formula is C48H79NO8P+. The van der Waals surface area contributed by atoms with Gasteiger partial charge in [-0.2, -0.15) is 0 Å². The standard InChI is InChI=1S/C48H78NO8P/c1-6-8-10-12-14-16-18-20-22-24-26-28-30-32-34-36-38-40-47(50)54-44-46(45-56-58(52,53)55-43-42-49(3,4)5)57-48(51)41-39-37-35-33-31-29-27-25-23-21-19-17-15-13-11-9-7-2/h8-11,14-17,20-23,26-29,32,34,46H,6-7,12-13,18-19,24-25,30-31,33,35-45H2,1-5H3/p+1/b10-8-,11-9-,16-14-,17-15-,22-20-,23-21-,28-26-,29-27-,34-32-/t46-/m1/s1.